The summed E-state index contributed by atoms with van der Waals surface area (Å²) in [6, 6.07) is 24.7. The van der Waals surface area contributed by atoms with E-state index in [4.69, 9.17) is 9.47 Å². The first kappa shape index (κ1) is 24.1. The van der Waals surface area contributed by atoms with E-state index in [2.05, 4.69) is 57.7 Å². The minimum atomic E-state index is 0.0575. The van der Waals surface area contributed by atoms with Crippen LogP contribution in [0.25, 0.3) is 22.2 Å². The van der Waals surface area contributed by atoms with Crippen molar-refractivity contribution in [2.45, 2.75) is 25.9 Å². The number of H-pyrrole nitrogens is 1. The second-order valence-electron chi connectivity index (χ2n) is 9.19. The first-order valence-electron chi connectivity index (χ1n) is 12.6. The molecular weight excluding hydrogens is 450 g/mol. The molecule has 0 radical (unpaired) electrons. The van der Waals surface area contributed by atoms with E-state index in [-0.39, 0.29) is 5.91 Å². The van der Waals surface area contributed by atoms with Crippen LogP contribution in [-0.2, 0) is 29.0 Å². The third-order valence-corrected chi connectivity index (χ3v) is 6.89. The lowest BCUT2D eigenvalue weighted by atomic mass is 10.0. The quantitative estimate of drug-likeness (QED) is 0.355. The molecule has 0 unspecified atom stereocenters. The van der Waals surface area contributed by atoms with Crippen molar-refractivity contribution in [1.29, 1.82) is 0 Å². The normalized spacial score (nSPS) is 14.1. The van der Waals surface area contributed by atoms with Crippen LogP contribution in [0.4, 0.5) is 0 Å². The van der Waals surface area contributed by atoms with E-state index < -0.39 is 0 Å². The van der Waals surface area contributed by atoms with Crippen molar-refractivity contribution < 1.29 is 14.3 Å². The molecule has 1 aromatic heterocycles. The Labute approximate surface area is 212 Å². The Hall–Kier alpha value is -3.61. The fourth-order valence-corrected chi connectivity index (χ4v) is 4.87. The number of ether oxygens (including phenoxy) is 2. The lowest BCUT2D eigenvalue weighted by molar-refractivity contribution is -0.121. The maximum absolute atomic E-state index is 12.9. The molecule has 0 spiro atoms. The monoisotopic (exact) mass is 483 g/mol. The second kappa shape index (κ2) is 11.4. The highest BCUT2D eigenvalue weighted by molar-refractivity contribution is 5.91. The number of benzene rings is 3. The maximum atomic E-state index is 12.9. The number of carbonyl (C=O) groups excluding carboxylic acids is 1. The van der Waals surface area contributed by atoms with Gasteiger partial charge in [-0.1, -0.05) is 42.5 Å². The molecule has 3 aromatic carbocycles. The Kier molecular flexibility index (Phi) is 7.64. The van der Waals surface area contributed by atoms with Crippen molar-refractivity contribution in [2.24, 2.45) is 0 Å². The summed E-state index contributed by atoms with van der Waals surface area (Å²) in [4.78, 5) is 18.9. The van der Waals surface area contributed by atoms with Gasteiger partial charge in [0.05, 0.1) is 20.3 Å². The highest BCUT2D eigenvalue weighted by atomic mass is 16.5. The highest BCUT2D eigenvalue weighted by Crippen LogP contribution is 2.32. The minimum absolute atomic E-state index is 0.0575. The zero-order valence-corrected chi connectivity index (χ0v) is 20.8. The summed E-state index contributed by atoms with van der Waals surface area (Å²) >= 11 is 0. The number of methoxy groups -OCH3 is 1. The number of amides is 1. The molecule has 186 valence electrons. The molecule has 1 aliphatic rings. The van der Waals surface area contributed by atoms with Crippen LogP contribution in [0.5, 0.6) is 5.75 Å². The van der Waals surface area contributed by atoms with Crippen LogP contribution in [-0.4, -0.2) is 49.2 Å². The molecule has 1 amide bonds. The molecule has 0 atom stereocenters. The summed E-state index contributed by atoms with van der Waals surface area (Å²) in [5.41, 5.74) is 6.82. The number of para-hydroxylation sites is 1. The van der Waals surface area contributed by atoms with E-state index in [0.717, 1.165) is 60.8 Å². The molecule has 0 aliphatic carbocycles. The Morgan fingerprint density at radius 1 is 0.972 bits per heavy atom. The number of aromatic amines is 1. The number of fused-ring (bicyclic) bond motifs is 1. The van der Waals surface area contributed by atoms with Crippen LogP contribution < -0.4 is 10.1 Å². The summed E-state index contributed by atoms with van der Waals surface area (Å²) in [7, 11) is 1.67. The first-order chi connectivity index (χ1) is 17.7. The summed E-state index contributed by atoms with van der Waals surface area (Å²) in [5.74, 6) is 0.881. The molecule has 2 N–H and O–H groups in total. The molecule has 1 saturated heterocycles. The van der Waals surface area contributed by atoms with Crippen LogP contribution in [0, 0.1) is 0 Å². The molecule has 5 rings (SSSR count). The van der Waals surface area contributed by atoms with Gasteiger partial charge in [0.15, 0.2) is 0 Å². The Morgan fingerprint density at radius 3 is 2.47 bits per heavy atom. The third-order valence-electron chi connectivity index (χ3n) is 6.89. The smallest absolute Gasteiger partial charge is 0.220 e. The summed E-state index contributed by atoms with van der Waals surface area (Å²) in [5, 5.41) is 4.31. The fourth-order valence-electron chi connectivity index (χ4n) is 4.87. The second-order valence-corrected chi connectivity index (χ2v) is 9.19. The van der Waals surface area contributed by atoms with Crippen LogP contribution >= 0.6 is 0 Å². The van der Waals surface area contributed by atoms with E-state index in [1.165, 1.54) is 16.7 Å². The summed E-state index contributed by atoms with van der Waals surface area (Å²) < 4.78 is 10.8. The lowest BCUT2D eigenvalue weighted by Crippen LogP contribution is -2.36. The van der Waals surface area contributed by atoms with Crippen molar-refractivity contribution in [3.63, 3.8) is 0 Å². The van der Waals surface area contributed by atoms with Gasteiger partial charge in [0.1, 0.15) is 5.75 Å². The molecule has 6 heteroatoms. The zero-order valence-electron chi connectivity index (χ0n) is 20.8. The Bertz CT molecular complexity index is 1310. The molecule has 1 fully saturated rings. The summed E-state index contributed by atoms with van der Waals surface area (Å²) in [6.07, 6.45) is 1.09. The van der Waals surface area contributed by atoms with Crippen molar-refractivity contribution in [2.75, 3.05) is 33.4 Å². The molecular formula is C30H33N3O3. The topological polar surface area (TPSA) is 66.6 Å². The van der Waals surface area contributed by atoms with Crippen LogP contribution in [0.2, 0.25) is 0 Å². The number of hydrogen-bond acceptors (Lipinski definition) is 4. The number of aromatic nitrogens is 1. The van der Waals surface area contributed by atoms with Gasteiger partial charge in [-0.05, 0) is 59.0 Å². The molecule has 0 saturated carbocycles. The maximum Gasteiger partial charge on any atom is 0.220 e. The number of carbonyl (C=O) groups is 1. The van der Waals surface area contributed by atoms with E-state index in [1.54, 1.807) is 7.11 Å². The average Bonchev–Trinajstić information content (AvgIpc) is 3.30. The molecule has 6 nitrogen and oxygen atoms in total. The SMILES string of the molecule is COc1ccc(-c2[nH]c3ccccc3c2CCC(=O)NCc2ccccc2CN2CCOCC2)cc1. The Balaban J connectivity index is 1.26. The number of rotatable bonds is 9. The number of morpholine rings is 1. The Morgan fingerprint density at radius 2 is 1.69 bits per heavy atom. The molecule has 36 heavy (non-hydrogen) atoms. The zero-order chi connectivity index (χ0) is 24.7. The average molecular weight is 484 g/mol. The van der Waals surface area contributed by atoms with Crippen molar-refractivity contribution in [1.82, 2.24) is 15.2 Å². The van der Waals surface area contributed by atoms with Gasteiger partial charge in [-0.3, -0.25) is 9.69 Å². The molecule has 0 bridgehead atoms. The van der Waals surface area contributed by atoms with Crippen LogP contribution in [0.1, 0.15) is 23.1 Å². The highest BCUT2D eigenvalue weighted by Gasteiger charge is 2.16. The van der Waals surface area contributed by atoms with Gasteiger partial charge in [0, 0.05) is 49.2 Å². The number of nitrogens with one attached hydrogen (secondary N) is 2. The van der Waals surface area contributed by atoms with Crippen LogP contribution in [0.3, 0.4) is 0 Å². The van der Waals surface area contributed by atoms with Crippen molar-refractivity contribution >= 4 is 16.8 Å². The van der Waals surface area contributed by atoms with Gasteiger partial charge in [-0.2, -0.15) is 0 Å². The molecule has 2 heterocycles. The standard InChI is InChI=1S/C30H33N3O3/c1-35-25-12-10-22(11-13-25)30-27(26-8-4-5-9-28(26)32-30)14-15-29(34)31-20-23-6-2-3-7-24(23)21-33-16-18-36-19-17-33/h2-13,32H,14-21H2,1H3,(H,31,34). The van der Waals surface area contributed by atoms with E-state index >= 15 is 0 Å². The van der Waals surface area contributed by atoms with E-state index in [9.17, 15) is 4.79 Å². The van der Waals surface area contributed by atoms with E-state index in [0.29, 0.717) is 19.4 Å². The van der Waals surface area contributed by atoms with Crippen molar-refractivity contribution in [3.05, 3.63) is 89.5 Å². The van der Waals surface area contributed by atoms with Gasteiger partial charge in [-0.25, -0.2) is 0 Å². The third kappa shape index (κ3) is 5.61. The number of hydrogen-bond donors (Lipinski definition) is 2. The predicted molar refractivity (Wildman–Crippen MR) is 143 cm³/mol. The van der Waals surface area contributed by atoms with Gasteiger partial charge >= 0.3 is 0 Å². The molecule has 4 aromatic rings. The van der Waals surface area contributed by atoms with Crippen molar-refractivity contribution in [3.8, 4) is 17.0 Å². The largest absolute Gasteiger partial charge is 0.497 e. The lowest BCUT2D eigenvalue weighted by Gasteiger charge is -2.27. The first-order valence-corrected chi connectivity index (χ1v) is 12.6. The number of nitrogens with zero attached hydrogens (tertiary/aromatic N) is 1. The number of aryl methyl sites for hydroxylation is 1. The fraction of sp³-hybridized carbons (Fsp3) is 0.300. The van der Waals surface area contributed by atoms with Gasteiger partial charge in [-0.15, -0.1) is 0 Å². The minimum Gasteiger partial charge on any atom is -0.497 e. The van der Waals surface area contributed by atoms with Gasteiger partial charge in [0.25, 0.3) is 0 Å². The summed E-state index contributed by atoms with van der Waals surface area (Å²) in [6.45, 7) is 4.88. The molecule has 1 aliphatic heterocycles. The van der Waals surface area contributed by atoms with E-state index in [1.807, 2.05) is 30.3 Å². The van der Waals surface area contributed by atoms with Gasteiger partial charge < -0.3 is 19.8 Å². The van der Waals surface area contributed by atoms with Crippen LogP contribution in [0.15, 0.2) is 72.8 Å². The predicted octanol–water partition coefficient (Wildman–Crippen LogP) is 4.92. The van der Waals surface area contributed by atoms with Gasteiger partial charge in [0.2, 0.25) is 5.91 Å².